The molecule has 0 unspecified atom stereocenters. The summed E-state index contributed by atoms with van der Waals surface area (Å²) in [5, 5.41) is 2.85. The van der Waals surface area contributed by atoms with Gasteiger partial charge in [0.05, 0.1) is 18.3 Å². The number of imidazole rings is 1. The molecule has 7 heteroatoms. The first-order valence-corrected chi connectivity index (χ1v) is 11.6. The van der Waals surface area contributed by atoms with Crippen molar-refractivity contribution >= 4 is 22.9 Å². The normalized spacial score (nSPS) is 12.3. The summed E-state index contributed by atoms with van der Waals surface area (Å²) < 4.78 is 7.34. The summed E-state index contributed by atoms with van der Waals surface area (Å²) in [5.41, 5.74) is 2.11. The zero-order chi connectivity index (χ0) is 22.6. The highest BCUT2D eigenvalue weighted by molar-refractivity contribution is 5.84. The Hall–Kier alpha value is -2.44. The van der Waals surface area contributed by atoms with Gasteiger partial charge in [-0.05, 0) is 45.1 Å². The quantitative estimate of drug-likeness (QED) is 0.351. The number of hydrogen-bond donors (Lipinski definition) is 1. The third-order valence-corrected chi connectivity index (χ3v) is 5.39. The Morgan fingerprint density at radius 3 is 2.55 bits per heavy atom. The van der Waals surface area contributed by atoms with Gasteiger partial charge < -0.3 is 14.6 Å². The van der Waals surface area contributed by atoms with Crippen LogP contribution in [0.25, 0.3) is 11.0 Å². The summed E-state index contributed by atoms with van der Waals surface area (Å²) in [5.74, 6) is 0.959. The summed E-state index contributed by atoms with van der Waals surface area (Å²) in [6.45, 7) is 9.19. The van der Waals surface area contributed by atoms with Gasteiger partial charge in [-0.25, -0.2) is 9.78 Å². The Balaban J connectivity index is 1.59. The van der Waals surface area contributed by atoms with Gasteiger partial charge in [0.25, 0.3) is 0 Å². The second kappa shape index (κ2) is 13.1. The van der Waals surface area contributed by atoms with Crippen LogP contribution in [0, 0.1) is 12.8 Å². The molecule has 0 aromatic carbocycles. The first-order valence-electron chi connectivity index (χ1n) is 11.6. The molecule has 0 bridgehead atoms. The van der Waals surface area contributed by atoms with Crippen molar-refractivity contribution in [3.8, 4) is 0 Å². The second-order valence-electron chi connectivity index (χ2n) is 8.55. The van der Waals surface area contributed by atoms with E-state index in [1.165, 1.54) is 0 Å². The van der Waals surface area contributed by atoms with Gasteiger partial charge in [-0.3, -0.25) is 9.78 Å². The lowest BCUT2D eigenvalue weighted by molar-refractivity contribution is -0.147. The van der Waals surface area contributed by atoms with E-state index in [-0.39, 0.29) is 11.9 Å². The summed E-state index contributed by atoms with van der Waals surface area (Å²) in [7, 11) is 0. The van der Waals surface area contributed by atoms with Gasteiger partial charge in [0, 0.05) is 19.2 Å². The highest BCUT2D eigenvalue weighted by atomic mass is 16.5. The number of rotatable bonds is 14. The van der Waals surface area contributed by atoms with E-state index in [4.69, 9.17) is 4.74 Å². The van der Waals surface area contributed by atoms with E-state index in [0.29, 0.717) is 25.4 Å². The number of aryl methyl sites for hydroxylation is 2. The minimum atomic E-state index is -0.536. The molecule has 2 aromatic rings. The van der Waals surface area contributed by atoms with Crippen LogP contribution in [0.5, 0.6) is 0 Å². The Bertz CT molecular complexity index is 831. The molecule has 0 fully saturated rings. The molecule has 1 N–H and O–H groups in total. The van der Waals surface area contributed by atoms with Gasteiger partial charge in [-0.15, -0.1) is 0 Å². The number of carbonyl (C=O) groups is 2. The number of carbonyl (C=O) groups excluding carboxylic acids is 2. The molecule has 0 saturated carbocycles. The van der Waals surface area contributed by atoms with Crippen molar-refractivity contribution in [2.75, 3.05) is 6.61 Å². The molecule has 0 radical (unpaired) electrons. The van der Waals surface area contributed by atoms with E-state index >= 15 is 0 Å². The third-order valence-electron chi connectivity index (χ3n) is 5.39. The molecule has 1 amide bonds. The van der Waals surface area contributed by atoms with E-state index in [2.05, 4.69) is 19.9 Å². The van der Waals surface area contributed by atoms with Crippen LogP contribution in [0.3, 0.4) is 0 Å². The van der Waals surface area contributed by atoms with E-state index < -0.39 is 6.04 Å². The van der Waals surface area contributed by atoms with Gasteiger partial charge in [0.15, 0.2) is 0 Å². The smallest absolute Gasteiger partial charge is 0.328 e. The summed E-state index contributed by atoms with van der Waals surface area (Å²) in [6, 6.07) is 1.49. The van der Waals surface area contributed by atoms with Gasteiger partial charge in [0.1, 0.15) is 17.4 Å². The number of amides is 1. The third kappa shape index (κ3) is 8.31. The fraction of sp³-hybridized carbons (Fsp3) is 0.667. The van der Waals surface area contributed by atoms with Crippen LogP contribution in [0.15, 0.2) is 18.5 Å². The average Bonchev–Trinajstić information content (AvgIpc) is 3.04. The zero-order valence-electron chi connectivity index (χ0n) is 19.5. The first-order chi connectivity index (χ1) is 14.9. The molecule has 31 heavy (non-hydrogen) atoms. The van der Waals surface area contributed by atoms with Crippen molar-refractivity contribution in [3.05, 3.63) is 24.3 Å². The molecule has 0 aliphatic heterocycles. The van der Waals surface area contributed by atoms with E-state index in [1.807, 2.05) is 39.2 Å². The monoisotopic (exact) mass is 430 g/mol. The number of hydrogen-bond acceptors (Lipinski definition) is 5. The maximum Gasteiger partial charge on any atom is 0.328 e. The predicted molar refractivity (Wildman–Crippen MR) is 123 cm³/mol. The van der Waals surface area contributed by atoms with Crippen LogP contribution in [0.4, 0.5) is 0 Å². The van der Waals surface area contributed by atoms with Crippen molar-refractivity contribution in [1.29, 1.82) is 0 Å². The Kier molecular flexibility index (Phi) is 10.5. The lowest BCUT2D eigenvalue weighted by Gasteiger charge is -2.19. The van der Waals surface area contributed by atoms with Crippen LogP contribution in [0.2, 0.25) is 0 Å². The predicted octanol–water partition coefficient (Wildman–Crippen LogP) is 4.56. The summed E-state index contributed by atoms with van der Waals surface area (Å²) in [4.78, 5) is 32.9. The molecule has 0 spiro atoms. The highest BCUT2D eigenvalue weighted by Gasteiger charge is 2.22. The number of fused-ring (bicyclic) bond motifs is 1. The lowest BCUT2D eigenvalue weighted by Crippen LogP contribution is -2.42. The first kappa shape index (κ1) is 24.8. The van der Waals surface area contributed by atoms with Crippen LogP contribution < -0.4 is 5.32 Å². The average molecular weight is 431 g/mol. The molecule has 172 valence electrons. The van der Waals surface area contributed by atoms with E-state index in [0.717, 1.165) is 61.9 Å². The summed E-state index contributed by atoms with van der Waals surface area (Å²) >= 11 is 0. The molecule has 0 aliphatic rings. The molecule has 2 heterocycles. The second-order valence-corrected chi connectivity index (χ2v) is 8.55. The minimum absolute atomic E-state index is 0.0596. The molecular formula is C24H38N4O3. The van der Waals surface area contributed by atoms with Gasteiger partial charge >= 0.3 is 5.97 Å². The minimum Gasteiger partial charge on any atom is -0.464 e. The van der Waals surface area contributed by atoms with Crippen LogP contribution in [0.1, 0.15) is 78.0 Å². The number of nitrogens with one attached hydrogen (secondary N) is 1. The maximum atomic E-state index is 12.2. The Morgan fingerprint density at radius 1 is 1.13 bits per heavy atom. The SMILES string of the molecule is CCOC(=O)[C@H](CC(C)C)NC(=O)CCCCCCCCn1c(C)nc2cnccc21. The lowest BCUT2D eigenvalue weighted by atomic mass is 10.0. The molecule has 0 aliphatic carbocycles. The van der Waals surface area contributed by atoms with Crippen LogP contribution >= 0.6 is 0 Å². The number of ether oxygens (including phenoxy) is 1. The topological polar surface area (TPSA) is 86.1 Å². The van der Waals surface area contributed by atoms with Crippen LogP contribution in [-0.2, 0) is 20.9 Å². The molecule has 1 atom stereocenters. The molecule has 2 rings (SSSR count). The maximum absolute atomic E-state index is 12.2. The Labute approximate surface area is 186 Å². The van der Waals surface area contributed by atoms with Gasteiger partial charge in [0.2, 0.25) is 5.91 Å². The van der Waals surface area contributed by atoms with Crippen molar-refractivity contribution in [2.24, 2.45) is 5.92 Å². The number of nitrogens with zero attached hydrogens (tertiary/aromatic N) is 3. The molecule has 2 aromatic heterocycles. The fourth-order valence-corrected chi connectivity index (χ4v) is 3.84. The number of esters is 1. The van der Waals surface area contributed by atoms with Gasteiger partial charge in [-0.1, -0.05) is 39.5 Å². The van der Waals surface area contributed by atoms with Crippen molar-refractivity contribution < 1.29 is 14.3 Å². The van der Waals surface area contributed by atoms with Crippen LogP contribution in [-0.4, -0.2) is 39.1 Å². The van der Waals surface area contributed by atoms with E-state index in [1.54, 1.807) is 6.92 Å². The highest BCUT2D eigenvalue weighted by Crippen LogP contribution is 2.16. The van der Waals surface area contributed by atoms with Crippen molar-refractivity contribution in [2.45, 2.75) is 91.6 Å². The fourth-order valence-electron chi connectivity index (χ4n) is 3.84. The molecular weight excluding hydrogens is 392 g/mol. The number of unbranched alkanes of at least 4 members (excludes halogenated alkanes) is 5. The number of aromatic nitrogens is 3. The molecule has 0 saturated heterocycles. The standard InChI is InChI=1S/C24H38N4O3/c1-5-31-24(30)20(16-18(2)3)27-23(29)12-10-8-6-7-9-11-15-28-19(4)26-21-17-25-14-13-22(21)28/h13-14,17-18,20H,5-12,15-16H2,1-4H3,(H,27,29)/t20-/m0/s1. The van der Waals surface area contributed by atoms with Crippen molar-refractivity contribution in [3.63, 3.8) is 0 Å². The molecule has 7 nitrogen and oxygen atoms in total. The van der Waals surface area contributed by atoms with Crippen molar-refractivity contribution in [1.82, 2.24) is 19.9 Å². The largest absolute Gasteiger partial charge is 0.464 e. The van der Waals surface area contributed by atoms with Gasteiger partial charge in [-0.2, -0.15) is 0 Å². The van der Waals surface area contributed by atoms with E-state index in [9.17, 15) is 9.59 Å². The zero-order valence-corrected chi connectivity index (χ0v) is 19.5. The number of pyridine rings is 1. The summed E-state index contributed by atoms with van der Waals surface area (Å²) in [6.07, 6.45) is 11.1. The Morgan fingerprint density at radius 2 is 1.84 bits per heavy atom.